The second-order valence-corrected chi connectivity index (χ2v) is 14.7. The van der Waals surface area contributed by atoms with E-state index in [4.69, 9.17) is 14.2 Å². The van der Waals surface area contributed by atoms with E-state index in [2.05, 4.69) is 27.7 Å². The average Bonchev–Trinajstić information content (AvgIpc) is 3.06. The van der Waals surface area contributed by atoms with Gasteiger partial charge in [0.15, 0.2) is 6.10 Å². The van der Waals surface area contributed by atoms with Crippen LogP contribution >= 0.6 is 0 Å². The van der Waals surface area contributed by atoms with Crippen LogP contribution in [0.15, 0.2) is 0 Å². The third-order valence-corrected chi connectivity index (χ3v) is 9.29. The minimum atomic E-state index is -0.757. The van der Waals surface area contributed by atoms with Gasteiger partial charge in [-0.1, -0.05) is 188 Å². The van der Waals surface area contributed by atoms with Gasteiger partial charge in [0, 0.05) is 19.3 Å². The van der Waals surface area contributed by atoms with E-state index in [1.165, 1.54) is 122 Å². The van der Waals surface area contributed by atoms with Gasteiger partial charge in [0.1, 0.15) is 13.2 Å². The number of rotatable bonds is 37. The number of ether oxygens (including phenoxy) is 3. The van der Waals surface area contributed by atoms with Crippen LogP contribution in [-0.2, 0) is 28.6 Å². The summed E-state index contributed by atoms with van der Waals surface area (Å²) in [5.74, 6) is -0.0714. The highest BCUT2D eigenvalue weighted by atomic mass is 16.6. The Balaban J connectivity index is 4.28. The van der Waals surface area contributed by atoms with Gasteiger partial charge in [0.25, 0.3) is 0 Å². The van der Waals surface area contributed by atoms with Crippen LogP contribution < -0.4 is 0 Å². The van der Waals surface area contributed by atoms with Crippen LogP contribution in [0.5, 0.6) is 0 Å². The first kappa shape index (κ1) is 46.4. The number of hydrogen-bond donors (Lipinski definition) is 0. The summed E-state index contributed by atoms with van der Waals surface area (Å²) in [7, 11) is 0. The van der Waals surface area contributed by atoms with Crippen LogP contribution in [-0.4, -0.2) is 37.2 Å². The molecule has 0 aliphatic carbocycles. The molecule has 6 nitrogen and oxygen atoms in total. The molecule has 0 amide bonds. The summed E-state index contributed by atoms with van der Waals surface area (Å²) in [5.41, 5.74) is 0. The lowest BCUT2D eigenvalue weighted by Gasteiger charge is -2.18. The summed E-state index contributed by atoms with van der Waals surface area (Å²) in [6.07, 6.45) is 33.8. The molecule has 0 bridgehead atoms. The SMILES string of the molecule is CCCCCCCCCCCCCCC(=O)OC[C@@H](COC(=O)CCCCCCCCCCC(C)C)OC(=O)CCCCCCCCC. The molecule has 0 rings (SSSR count). The summed E-state index contributed by atoms with van der Waals surface area (Å²) in [5, 5.41) is 0. The van der Waals surface area contributed by atoms with Crippen LogP contribution in [0.25, 0.3) is 0 Å². The minimum absolute atomic E-state index is 0.0652. The molecule has 0 radical (unpaired) electrons. The molecule has 0 N–H and O–H groups in total. The van der Waals surface area contributed by atoms with E-state index in [-0.39, 0.29) is 31.1 Å². The molecule has 284 valence electrons. The number of carbonyl (C=O) groups excluding carboxylic acids is 3. The van der Waals surface area contributed by atoms with E-state index in [0.29, 0.717) is 19.3 Å². The van der Waals surface area contributed by atoms with Crippen molar-refractivity contribution < 1.29 is 28.6 Å². The normalized spacial score (nSPS) is 11.9. The number of unbranched alkanes of at least 4 members (excludes halogenated alkanes) is 24. The predicted octanol–water partition coefficient (Wildman–Crippen LogP) is 12.8. The Labute approximate surface area is 298 Å². The maximum absolute atomic E-state index is 12.6. The molecule has 0 saturated heterocycles. The topological polar surface area (TPSA) is 78.9 Å². The van der Waals surface area contributed by atoms with E-state index >= 15 is 0 Å². The Morgan fingerprint density at radius 1 is 0.396 bits per heavy atom. The van der Waals surface area contributed by atoms with Crippen LogP contribution in [0.3, 0.4) is 0 Å². The molecule has 0 unspecified atom stereocenters. The summed E-state index contributed by atoms with van der Waals surface area (Å²) in [6, 6.07) is 0. The predicted molar refractivity (Wildman–Crippen MR) is 201 cm³/mol. The summed E-state index contributed by atoms with van der Waals surface area (Å²) >= 11 is 0. The van der Waals surface area contributed by atoms with Crippen molar-refractivity contribution in [2.24, 2.45) is 5.92 Å². The first-order chi connectivity index (χ1) is 23.4. The van der Waals surface area contributed by atoms with Gasteiger partial charge in [-0.3, -0.25) is 14.4 Å². The molecule has 0 aromatic heterocycles. The monoisotopic (exact) mass is 681 g/mol. The molecule has 0 saturated carbocycles. The van der Waals surface area contributed by atoms with Gasteiger partial charge in [-0.2, -0.15) is 0 Å². The lowest BCUT2D eigenvalue weighted by atomic mass is 10.0. The van der Waals surface area contributed by atoms with Crippen LogP contribution in [0.1, 0.15) is 227 Å². The van der Waals surface area contributed by atoms with Crippen molar-refractivity contribution in [2.75, 3.05) is 13.2 Å². The molecule has 48 heavy (non-hydrogen) atoms. The van der Waals surface area contributed by atoms with Crippen molar-refractivity contribution in [3.63, 3.8) is 0 Å². The van der Waals surface area contributed by atoms with Gasteiger partial charge in [-0.15, -0.1) is 0 Å². The van der Waals surface area contributed by atoms with Crippen molar-refractivity contribution >= 4 is 17.9 Å². The Bertz CT molecular complexity index is 721. The molecule has 0 aliphatic rings. The fraction of sp³-hybridized carbons (Fsp3) is 0.929. The van der Waals surface area contributed by atoms with Gasteiger partial charge in [0.2, 0.25) is 0 Å². The second kappa shape index (κ2) is 36.7. The molecule has 0 fully saturated rings. The molecule has 6 heteroatoms. The molecule has 0 aromatic rings. The Kier molecular flexibility index (Phi) is 35.5. The van der Waals surface area contributed by atoms with E-state index < -0.39 is 6.10 Å². The Hall–Kier alpha value is -1.59. The molecule has 0 heterocycles. The highest BCUT2D eigenvalue weighted by Gasteiger charge is 2.19. The van der Waals surface area contributed by atoms with Gasteiger partial charge < -0.3 is 14.2 Å². The van der Waals surface area contributed by atoms with E-state index in [1.54, 1.807) is 0 Å². The van der Waals surface area contributed by atoms with Gasteiger partial charge in [-0.25, -0.2) is 0 Å². The fourth-order valence-electron chi connectivity index (χ4n) is 6.10. The lowest BCUT2D eigenvalue weighted by Crippen LogP contribution is -2.30. The minimum Gasteiger partial charge on any atom is -0.462 e. The highest BCUT2D eigenvalue weighted by Crippen LogP contribution is 2.15. The van der Waals surface area contributed by atoms with Crippen molar-refractivity contribution in [3.8, 4) is 0 Å². The van der Waals surface area contributed by atoms with Gasteiger partial charge >= 0.3 is 17.9 Å². The lowest BCUT2D eigenvalue weighted by molar-refractivity contribution is -0.167. The molecule has 1 atom stereocenters. The summed E-state index contributed by atoms with van der Waals surface area (Å²) in [4.78, 5) is 37.4. The average molecular weight is 681 g/mol. The molecule has 0 aromatic carbocycles. The standard InChI is InChI=1S/C42H80O6/c1-5-7-9-11-13-14-15-16-17-22-25-29-33-40(43)46-36-39(48-42(45)35-31-27-20-12-10-8-6-2)37-47-41(44)34-30-26-23-19-18-21-24-28-32-38(3)4/h38-39H,5-37H2,1-4H3/t39-/m0/s1. The molecule has 0 aliphatic heterocycles. The maximum Gasteiger partial charge on any atom is 0.306 e. The number of carbonyl (C=O) groups is 3. The van der Waals surface area contributed by atoms with Crippen LogP contribution in [0, 0.1) is 5.92 Å². The number of hydrogen-bond acceptors (Lipinski definition) is 6. The zero-order valence-corrected chi connectivity index (χ0v) is 32.4. The Morgan fingerprint density at radius 3 is 1.02 bits per heavy atom. The van der Waals surface area contributed by atoms with Crippen molar-refractivity contribution in [2.45, 2.75) is 233 Å². The second-order valence-electron chi connectivity index (χ2n) is 14.7. The van der Waals surface area contributed by atoms with Crippen molar-refractivity contribution in [3.05, 3.63) is 0 Å². The van der Waals surface area contributed by atoms with Crippen LogP contribution in [0.4, 0.5) is 0 Å². The quantitative estimate of drug-likeness (QED) is 0.0369. The molecular weight excluding hydrogens is 600 g/mol. The Morgan fingerprint density at radius 2 is 0.688 bits per heavy atom. The van der Waals surface area contributed by atoms with Gasteiger partial charge in [-0.05, 0) is 25.2 Å². The van der Waals surface area contributed by atoms with Crippen molar-refractivity contribution in [1.82, 2.24) is 0 Å². The third-order valence-electron chi connectivity index (χ3n) is 9.29. The first-order valence-electron chi connectivity index (χ1n) is 20.9. The van der Waals surface area contributed by atoms with Crippen LogP contribution in [0.2, 0.25) is 0 Å². The maximum atomic E-state index is 12.6. The fourth-order valence-corrected chi connectivity index (χ4v) is 6.10. The molecular formula is C42H80O6. The third kappa shape index (κ3) is 35.7. The zero-order valence-electron chi connectivity index (χ0n) is 32.4. The van der Waals surface area contributed by atoms with E-state index in [1.807, 2.05) is 0 Å². The van der Waals surface area contributed by atoms with Gasteiger partial charge in [0.05, 0.1) is 0 Å². The summed E-state index contributed by atoms with van der Waals surface area (Å²) < 4.78 is 16.6. The largest absolute Gasteiger partial charge is 0.462 e. The van der Waals surface area contributed by atoms with E-state index in [0.717, 1.165) is 63.7 Å². The van der Waals surface area contributed by atoms with E-state index in [9.17, 15) is 14.4 Å². The van der Waals surface area contributed by atoms with Crippen molar-refractivity contribution in [1.29, 1.82) is 0 Å². The smallest absolute Gasteiger partial charge is 0.306 e. The first-order valence-corrected chi connectivity index (χ1v) is 20.9. The summed E-state index contributed by atoms with van der Waals surface area (Å²) in [6.45, 7) is 8.90. The highest BCUT2D eigenvalue weighted by molar-refractivity contribution is 5.71. The number of esters is 3. The molecule has 0 spiro atoms. The zero-order chi connectivity index (χ0) is 35.3.